The maximum absolute atomic E-state index is 12.1. The van der Waals surface area contributed by atoms with Gasteiger partial charge in [0.15, 0.2) is 5.78 Å². The van der Waals surface area contributed by atoms with E-state index in [-0.39, 0.29) is 17.1 Å². The number of Topliss-reactive ketones (excluding diaryl/α,β-unsaturated/α-hetero) is 1. The number of carbonyl (C=O) groups excluding carboxylic acids is 1. The lowest BCUT2D eigenvalue weighted by atomic mass is 10.0. The number of aromatic hydroxyl groups is 1. The zero-order chi connectivity index (χ0) is 14.5. The Bertz CT molecular complexity index is 623. The number of rotatable bonds is 5. The summed E-state index contributed by atoms with van der Waals surface area (Å²) in [6.07, 6.45) is 0.894. The molecule has 0 saturated carbocycles. The van der Waals surface area contributed by atoms with Crippen molar-refractivity contribution in [3.05, 3.63) is 53.6 Å². The van der Waals surface area contributed by atoms with Crippen LogP contribution in [0, 0.1) is 0 Å². The number of nitrogen functional groups attached to an aromatic ring is 1. The Morgan fingerprint density at radius 1 is 1.25 bits per heavy atom. The first-order chi connectivity index (χ1) is 9.60. The maximum Gasteiger partial charge on any atom is 0.167 e. The number of aryl methyl sites for hydroxylation is 1. The van der Waals surface area contributed by atoms with E-state index >= 15 is 0 Å². The van der Waals surface area contributed by atoms with E-state index in [1.807, 2.05) is 18.2 Å². The van der Waals surface area contributed by atoms with E-state index < -0.39 is 0 Å². The molecule has 0 unspecified atom stereocenters. The highest BCUT2D eigenvalue weighted by Gasteiger charge is 2.12. The Kier molecular flexibility index (Phi) is 4.25. The zero-order valence-electron chi connectivity index (χ0n) is 11.3. The molecule has 0 radical (unpaired) electrons. The van der Waals surface area contributed by atoms with E-state index in [1.165, 1.54) is 13.2 Å². The van der Waals surface area contributed by atoms with Gasteiger partial charge in [0, 0.05) is 12.1 Å². The van der Waals surface area contributed by atoms with Gasteiger partial charge in [-0.3, -0.25) is 4.79 Å². The molecule has 0 atom stereocenters. The minimum absolute atomic E-state index is 0.0247. The number of hydrogen-bond donors (Lipinski definition) is 2. The molecule has 0 fully saturated rings. The standard InChI is InChI=1S/C16H17NO3/c1-20-13-6-8-16(19)14(10-13)15(18)7-5-11-3-2-4-12(17)9-11/h2-4,6,8-10,19H,5,7,17H2,1H3. The molecule has 2 rings (SSSR count). The van der Waals surface area contributed by atoms with Crippen LogP contribution in [0.3, 0.4) is 0 Å². The van der Waals surface area contributed by atoms with Gasteiger partial charge in [-0.15, -0.1) is 0 Å². The molecule has 4 heteroatoms. The van der Waals surface area contributed by atoms with Crippen molar-refractivity contribution in [2.75, 3.05) is 12.8 Å². The van der Waals surface area contributed by atoms with E-state index in [4.69, 9.17) is 10.5 Å². The van der Waals surface area contributed by atoms with Crippen molar-refractivity contribution in [1.82, 2.24) is 0 Å². The number of benzene rings is 2. The minimum atomic E-state index is -0.121. The second kappa shape index (κ2) is 6.10. The SMILES string of the molecule is COc1ccc(O)c(C(=O)CCc2cccc(N)c2)c1. The van der Waals surface area contributed by atoms with Crippen LogP contribution in [0.4, 0.5) is 5.69 Å². The number of methoxy groups -OCH3 is 1. The summed E-state index contributed by atoms with van der Waals surface area (Å²) in [6, 6.07) is 12.1. The van der Waals surface area contributed by atoms with Crippen molar-refractivity contribution < 1.29 is 14.6 Å². The van der Waals surface area contributed by atoms with Gasteiger partial charge >= 0.3 is 0 Å². The molecular formula is C16H17NO3. The predicted molar refractivity (Wildman–Crippen MR) is 78.2 cm³/mol. The van der Waals surface area contributed by atoms with Gasteiger partial charge in [0.25, 0.3) is 0 Å². The van der Waals surface area contributed by atoms with Crippen LogP contribution in [0.2, 0.25) is 0 Å². The number of anilines is 1. The van der Waals surface area contributed by atoms with E-state index in [0.717, 1.165) is 5.56 Å². The molecule has 20 heavy (non-hydrogen) atoms. The average Bonchev–Trinajstić information content (AvgIpc) is 2.45. The fourth-order valence-electron chi connectivity index (χ4n) is 2.01. The predicted octanol–water partition coefficient (Wildman–Crippen LogP) is 2.80. The van der Waals surface area contributed by atoms with E-state index in [9.17, 15) is 9.90 Å². The van der Waals surface area contributed by atoms with E-state index in [2.05, 4.69) is 0 Å². The van der Waals surface area contributed by atoms with E-state index in [0.29, 0.717) is 24.3 Å². The molecule has 0 bridgehead atoms. The van der Waals surface area contributed by atoms with Gasteiger partial charge in [-0.2, -0.15) is 0 Å². The smallest absolute Gasteiger partial charge is 0.167 e. The molecule has 0 amide bonds. The molecule has 2 aromatic rings. The Morgan fingerprint density at radius 2 is 2.05 bits per heavy atom. The van der Waals surface area contributed by atoms with Gasteiger partial charge in [0.1, 0.15) is 11.5 Å². The summed E-state index contributed by atoms with van der Waals surface area (Å²) in [5, 5.41) is 9.75. The molecule has 0 heterocycles. The molecule has 0 spiro atoms. The Morgan fingerprint density at radius 3 is 2.75 bits per heavy atom. The fourth-order valence-corrected chi connectivity index (χ4v) is 2.01. The molecule has 2 aromatic carbocycles. The highest BCUT2D eigenvalue weighted by molar-refractivity contribution is 5.99. The summed E-state index contributed by atoms with van der Waals surface area (Å²) in [5.41, 5.74) is 7.66. The van der Waals surface area contributed by atoms with Crippen molar-refractivity contribution in [1.29, 1.82) is 0 Å². The molecule has 0 aliphatic carbocycles. The van der Waals surface area contributed by atoms with Crippen LogP contribution in [-0.2, 0) is 6.42 Å². The summed E-state index contributed by atoms with van der Waals surface area (Å²) in [4.78, 5) is 12.1. The Hall–Kier alpha value is -2.49. The summed E-state index contributed by atoms with van der Waals surface area (Å²) in [6.45, 7) is 0. The van der Waals surface area contributed by atoms with Crippen molar-refractivity contribution in [3.63, 3.8) is 0 Å². The lowest BCUT2D eigenvalue weighted by Crippen LogP contribution is -2.02. The maximum atomic E-state index is 12.1. The van der Waals surface area contributed by atoms with Crippen molar-refractivity contribution in [2.24, 2.45) is 0 Å². The second-order valence-corrected chi connectivity index (χ2v) is 4.55. The lowest BCUT2D eigenvalue weighted by Gasteiger charge is -2.07. The highest BCUT2D eigenvalue weighted by Crippen LogP contribution is 2.24. The number of phenolic OH excluding ortho intramolecular Hbond substituents is 1. The first-order valence-electron chi connectivity index (χ1n) is 6.35. The molecule has 104 valence electrons. The number of hydrogen-bond acceptors (Lipinski definition) is 4. The van der Waals surface area contributed by atoms with Crippen LogP contribution in [0.1, 0.15) is 22.3 Å². The number of carbonyl (C=O) groups is 1. The zero-order valence-corrected chi connectivity index (χ0v) is 11.3. The summed E-state index contributed by atoms with van der Waals surface area (Å²) in [7, 11) is 1.52. The van der Waals surface area contributed by atoms with Gasteiger partial charge in [0.05, 0.1) is 12.7 Å². The summed E-state index contributed by atoms with van der Waals surface area (Å²) < 4.78 is 5.06. The number of phenols is 1. The Labute approximate surface area is 117 Å². The van der Waals surface area contributed by atoms with Crippen LogP contribution >= 0.6 is 0 Å². The van der Waals surface area contributed by atoms with Gasteiger partial charge in [-0.25, -0.2) is 0 Å². The monoisotopic (exact) mass is 271 g/mol. The number of nitrogens with two attached hydrogens (primary N) is 1. The van der Waals surface area contributed by atoms with Crippen LogP contribution in [-0.4, -0.2) is 18.0 Å². The lowest BCUT2D eigenvalue weighted by molar-refractivity contribution is 0.0980. The van der Waals surface area contributed by atoms with E-state index in [1.54, 1.807) is 18.2 Å². The average molecular weight is 271 g/mol. The van der Waals surface area contributed by atoms with Crippen LogP contribution < -0.4 is 10.5 Å². The van der Waals surface area contributed by atoms with Gasteiger partial charge in [-0.1, -0.05) is 12.1 Å². The molecule has 0 aliphatic rings. The third-order valence-electron chi connectivity index (χ3n) is 3.10. The van der Waals surface area contributed by atoms with Crippen LogP contribution in [0.5, 0.6) is 11.5 Å². The summed E-state index contributed by atoms with van der Waals surface area (Å²) in [5.74, 6) is 0.405. The van der Waals surface area contributed by atoms with Crippen LogP contribution in [0.15, 0.2) is 42.5 Å². The molecule has 0 aromatic heterocycles. The number of ether oxygens (including phenoxy) is 1. The third-order valence-corrected chi connectivity index (χ3v) is 3.10. The molecule has 0 saturated heterocycles. The molecule has 0 aliphatic heterocycles. The first kappa shape index (κ1) is 13.9. The number of ketones is 1. The molecular weight excluding hydrogens is 254 g/mol. The van der Waals surface area contributed by atoms with Crippen molar-refractivity contribution in [2.45, 2.75) is 12.8 Å². The van der Waals surface area contributed by atoms with Crippen LogP contribution in [0.25, 0.3) is 0 Å². The van der Waals surface area contributed by atoms with Gasteiger partial charge in [0.2, 0.25) is 0 Å². The minimum Gasteiger partial charge on any atom is -0.507 e. The second-order valence-electron chi connectivity index (χ2n) is 4.55. The largest absolute Gasteiger partial charge is 0.507 e. The first-order valence-corrected chi connectivity index (χ1v) is 6.35. The third kappa shape index (κ3) is 3.29. The quantitative estimate of drug-likeness (QED) is 0.648. The van der Waals surface area contributed by atoms with Crippen molar-refractivity contribution >= 4 is 11.5 Å². The van der Waals surface area contributed by atoms with Crippen molar-refractivity contribution in [3.8, 4) is 11.5 Å². The normalized spacial score (nSPS) is 10.2. The molecule has 3 N–H and O–H groups in total. The Balaban J connectivity index is 2.08. The summed E-state index contributed by atoms with van der Waals surface area (Å²) >= 11 is 0. The van der Waals surface area contributed by atoms with Gasteiger partial charge < -0.3 is 15.6 Å². The highest BCUT2D eigenvalue weighted by atomic mass is 16.5. The van der Waals surface area contributed by atoms with Gasteiger partial charge in [-0.05, 0) is 42.3 Å². The molecule has 4 nitrogen and oxygen atoms in total. The topological polar surface area (TPSA) is 72.5 Å². The fraction of sp³-hybridized carbons (Fsp3) is 0.188.